The first-order valence-electron chi connectivity index (χ1n) is 11.3. The zero-order valence-corrected chi connectivity index (χ0v) is 19.1. The molecular weight excluding hydrogens is 408 g/mol. The Morgan fingerprint density at radius 2 is 2.03 bits per heavy atom. The lowest BCUT2D eigenvalue weighted by atomic mass is 10.0. The van der Waals surface area contributed by atoms with E-state index in [4.69, 9.17) is 9.72 Å². The number of aromatic nitrogens is 1. The molecule has 1 fully saturated rings. The van der Waals surface area contributed by atoms with Gasteiger partial charge in [0.25, 0.3) is 0 Å². The summed E-state index contributed by atoms with van der Waals surface area (Å²) < 4.78 is 5.51. The molecule has 8 nitrogen and oxygen atoms in total. The molecule has 0 bridgehead atoms. The molecule has 1 atom stereocenters. The molecule has 0 aliphatic carbocycles. The topological polar surface area (TPSA) is 116 Å². The van der Waals surface area contributed by atoms with Crippen molar-refractivity contribution in [3.8, 4) is 0 Å². The summed E-state index contributed by atoms with van der Waals surface area (Å²) in [6, 6.07) is 6.66. The number of aliphatic hydroxyl groups excluding tert-OH is 1. The van der Waals surface area contributed by atoms with Crippen molar-refractivity contribution in [2.75, 3.05) is 30.4 Å². The molecule has 1 aromatic heterocycles. The maximum atomic E-state index is 11.3. The highest BCUT2D eigenvalue weighted by Crippen LogP contribution is 2.31. The number of nitrogens with zero attached hydrogens (tertiary/aromatic N) is 1. The van der Waals surface area contributed by atoms with E-state index < -0.39 is 12.2 Å². The Kier molecular flexibility index (Phi) is 8.44. The molecule has 8 heteroatoms. The summed E-state index contributed by atoms with van der Waals surface area (Å²) in [5.41, 5.74) is 4.72. The van der Waals surface area contributed by atoms with Crippen molar-refractivity contribution in [3.05, 3.63) is 52.2 Å². The van der Waals surface area contributed by atoms with Crippen LogP contribution in [-0.4, -0.2) is 47.0 Å². The van der Waals surface area contributed by atoms with Crippen molar-refractivity contribution in [2.24, 2.45) is 0 Å². The van der Waals surface area contributed by atoms with Gasteiger partial charge in [0.05, 0.1) is 5.56 Å². The molecule has 0 amide bonds. The largest absolute Gasteiger partial charge is 0.478 e. The number of hydrogen-bond acceptors (Lipinski definition) is 7. The molecule has 174 valence electrons. The first-order chi connectivity index (χ1) is 15.4. The van der Waals surface area contributed by atoms with Crippen molar-refractivity contribution in [1.29, 1.82) is 0 Å². The van der Waals surface area contributed by atoms with Crippen molar-refractivity contribution in [3.63, 3.8) is 0 Å². The van der Waals surface area contributed by atoms with Gasteiger partial charge < -0.3 is 25.6 Å². The Labute approximate surface area is 189 Å². The predicted molar refractivity (Wildman–Crippen MR) is 125 cm³/mol. The van der Waals surface area contributed by atoms with Gasteiger partial charge in [-0.25, -0.2) is 9.78 Å². The normalized spacial score (nSPS) is 15.4. The molecule has 5 N–H and O–H groups in total. The third-order valence-corrected chi connectivity index (χ3v) is 5.80. The SMILES string of the molecule is CCNc1nc(CC)c(CNC(O)c2cccc(C(=O)O)c2)c(NC2CCOCC2)c1C. The van der Waals surface area contributed by atoms with Crippen LogP contribution in [0.25, 0.3) is 0 Å². The number of aryl methyl sites for hydroxylation is 1. The van der Waals surface area contributed by atoms with E-state index in [1.807, 2.05) is 0 Å². The van der Waals surface area contributed by atoms with Crippen LogP contribution in [0.3, 0.4) is 0 Å². The highest BCUT2D eigenvalue weighted by atomic mass is 16.5. The number of ether oxygens (including phenoxy) is 1. The van der Waals surface area contributed by atoms with Crippen LogP contribution in [0.2, 0.25) is 0 Å². The van der Waals surface area contributed by atoms with Crippen LogP contribution in [0.1, 0.15) is 65.7 Å². The average Bonchev–Trinajstić information content (AvgIpc) is 2.81. The van der Waals surface area contributed by atoms with E-state index in [0.717, 1.165) is 67.3 Å². The number of carboxylic acids is 1. The van der Waals surface area contributed by atoms with Gasteiger partial charge in [-0.05, 0) is 50.8 Å². The van der Waals surface area contributed by atoms with Gasteiger partial charge in [-0.2, -0.15) is 0 Å². The maximum Gasteiger partial charge on any atom is 0.335 e. The zero-order chi connectivity index (χ0) is 23.1. The van der Waals surface area contributed by atoms with E-state index in [-0.39, 0.29) is 5.56 Å². The fourth-order valence-electron chi connectivity index (χ4n) is 4.00. The molecule has 0 spiro atoms. The van der Waals surface area contributed by atoms with Gasteiger partial charge in [0, 0.05) is 54.9 Å². The van der Waals surface area contributed by atoms with Crippen LogP contribution >= 0.6 is 0 Å². The first-order valence-corrected chi connectivity index (χ1v) is 11.3. The molecule has 0 saturated carbocycles. The number of aromatic carboxylic acids is 1. The lowest BCUT2D eigenvalue weighted by Crippen LogP contribution is -2.30. The second-order valence-electron chi connectivity index (χ2n) is 8.01. The van der Waals surface area contributed by atoms with Gasteiger partial charge in [-0.15, -0.1) is 0 Å². The maximum absolute atomic E-state index is 11.3. The number of nitrogens with one attached hydrogen (secondary N) is 3. The molecule has 2 heterocycles. The van der Waals surface area contributed by atoms with Gasteiger partial charge in [-0.1, -0.05) is 19.1 Å². The van der Waals surface area contributed by atoms with Crippen LogP contribution in [0.4, 0.5) is 11.5 Å². The lowest BCUT2D eigenvalue weighted by molar-refractivity contribution is 0.0696. The predicted octanol–water partition coefficient (Wildman–Crippen LogP) is 3.45. The first kappa shape index (κ1) is 24.0. The Balaban J connectivity index is 1.88. The lowest BCUT2D eigenvalue weighted by Gasteiger charge is -2.28. The minimum Gasteiger partial charge on any atom is -0.478 e. The van der Waals surface area contributed by atoms with Crippen molar-refractivity contribution in [1.82, 2.24) is 10.3 Å². The molecule has 1 saturated heterocycles. The number of rotatable bonds is 10. The number of aliphatic hydroxyl groups is 1. The van der Waals surface area contributed by atoms with Crippen LogP contribution in [-0.2, 0) is 17.7 Å². The van der Waals surface area contributed by atoms with Crippen molar-refractivity contribution < 1.29 is 19.7 Å². The van der Waals surface area contributed by atoms with E-state index in [0.29, 0.717) is 18.2 Å². The van der Waals surface area contributed by atoms with Crippen LogP contribution < -0.4 is 16.0 Å². The van der Waals surface area contributed by atoms with Crippen molar-refractivity contribution in [2.45, 2.75) is 58.8 Å². The molecule has 3 rings (SSSR count). The van der Waals surface area contributed by atoms with E-state index in [2.05, 4.69) is 36.7 Å². The third kappa shape index (κ3) is 5.76. The van der Waals surface area contributed by atoms with Gasteiger partial charge in [-0.3, -0.25) is 5.32 Å². The number of carboxylic acid groups (broad SMARTS) is 1. The Hall–Kier alpha value is -2.68. The second kappa shape index (κ2) is 11.3. The fourth-order valence-corrected chi connectivity index (χ4v) is 4.00. The molecule has 2 aromatic rings. The van der Waals surface area contributed by atoms with E-state index in [9.17, 15) is 15.0 Å². The average molecular weight is 443 g/mol. The third-order valence-electron chi connectivity index (χ3n) is 5.80. The Morgan fingerprint density at radius 1 is 1.28 bits per heavy atom. The minimum atomic E-state index is -1.02. The van der Waals surface area contributed by atoms with E-state index >= 15 is 0 Å². The number of benzene rings is 1. The van der Waals surface area contributed by atoms with Crippen LogP contribution in [0.5, 0.6) is 0 Å². The summed E-state index contributed by atoms with van der Waals surface area (Å²) in [6.45, 7) is 8.85. The summed E-state index contributed by atoms with van der Waals surface area (Å²) in [4.78, 5) is 16.1. The van der Waals surface area contributed by atoms with Gasteiger partial charge >= 0.3 is 5.97 Å². The number of anilines is 2. The van der Waals surface area contributed by atoms with Crippen molar-refractivity contribution >= 4 is 17.5 Å². The molecule has 1 aliphatic heterocycles. The summed E-state index contributed by atoms with van der Waals surface area (Å²) in [6.07, 6.45) is 1.64. The zero-order valence-electron chi connectivity index (χ0n) is 19.1. The summed E-state index contributed by atoms with van der Waals surface area (Å²) in [5.74, 6) is -0.147. The molecule has 0 radical (unpaired) electrons. The standard InChI is InChI=1S/C24H34N4O4/c1-4-20-19(14-26-23(29)16-7-6-8-17(13-16)24(30)31)21(15(3)22(28-20)25-5-2)27-18-9-11-32-12-10-18/h6-8,13,18,23,26,29H,4-5,9-12,14H2,1-3H3,(H,30,31)(H2,25,27,28). The number of pyridine rings is 1. The molecule has 1 aromatic carbocycles. The summed E-state index contributed by atoms with van der Waals surface area (Å²) in [7, 11) is 0. The van der Waals surface area contributed by atoms with Gasteiger partial charge in [0.1, 0.15) is 12.0 Å². The fraction of sp³-hybridized carbons (Fsp3) is 0.500. The Bertz CT molecular complexity index is 928. The van der Waals surface area contributed by atoms with E-state index in [1.54, 1.807) is 12.1 Å². The van der Waals surface area contributed by atoms with Gasteiger partial charge in [0.15, 0.2) is 0 Å². The highest BCUT2D eigenvalue weighted by Gasteiger charge is 2.21. The Morgan fingerprint density at radius 3 is 2.69 bits per heavy atom. The molecular formula is C24H34N4O4. The monoisotopic (exact) mass is 442 g/mol. The smallest absolute Gasteiger partial charge is 0.335 e. The van der Waals surface area contributed by atoms with Crippen LogP contribution in [0, 0.1) is 6.92 Å². The quantitative estimate of drug-likeness (QED) is 0.355. The molecule has 1 unspecified atom stereocenters. The number of carbonyl (C=O) groups is 1. The molecule has 32 heavy (non-hydrogen) atoms. The number of hydrogen-bond donors (Lipinski definition) is 5. The van der Waals surface area contributed by atoms with E-state index in [1.165, 1.54) is 12.1 Å². The van der Waals surface area contributed by atoms with Gasteiger partial charge in [0.2, 0.25) is 0 Å². The van der Waals surface area contributed by atoms with Crippen LogP contribution in [0.15, 0.2) is 24.3 Å². The minimum absolute atomic E-state index is 0.145. The summed E-state index contributed by atoms with van der Waals surface area (Å²) in [5, 5.41) is 30.2. The highest BCUT2D eigenvalue weighted by molar-refractivity contribution is 5.87. The second-order valence-corrected chi connectivity index (χ2v) is 8.01. The molecule has 1 aliphatic rings. The summed E-state index contributed by atoms with van der Waals surface area (Å²) >= 11 is 0.